The first-order chi connectivity index (χ1) is 12.1. The van der Waals surface area contributed by atoms with Gasteiger partial charge in [-0.3, -0.25) is 4.79 Å². The number of hydrogen-bond donors (Lipinski definition) is 2. The van der Waals surface area contributed by atoms with Gasteiger partial charge >= 0.3 is 0 Å². The van der Waals surface area contributed by atoms with Crippen LogP contribution in [0, 0.1) is 0 Å². The molecule has 0 radical (unpaired) electrons. The van der Waals surface area contributed by atoms with E-state index in [-0.39, 0.29) is 11.7 Å². The Morgan fingerprint density at radius 3 is 2.72 bits per heavy atom. The molecule has 0 aromatic heterocycles. The summed E-state index contributed by atoms with van der Waals surface area (Å²) in [5.74, 6) is 1.12. The first kappa shape index (κ1) is 16.9. The van der Waals surface area contributed by atoms with E-state index < -0.39 is 0 Å². The smallest absolute Gasteiger partial charge is 0.264 e. The highest BCUT2D eigenvalue weighted by Gasteiger charge is 2.24. The molecule has 1 amide bonds. The van der Waals surface area contributed by atoms with Crippen molar-refractivity contribution in [3.8, 4) is 17.2 Å². The van der Waals surface area contributed by atoms with Crippen molar-refractivity contribution in [2.45, 2.75) is 0 Å². The Balaban J connectivity index is 1.86. The van der Waals surface area contributed by atoms with Crippen molar-refractivity contribution >= 4 is 34.6 Å². The lowest BCUT2D eigenvalue weighted by molar-refractivity contribution is -0.115. The highest BCUT2D eigenvalue weighted by Crippen LogP contribution is 2.34. The van der Waals surface area contributed by atoms with Gasteiger partial charge in [-0.1, -0.05) is 12.1 Å². The highest BCUT2D eigenvalue weighted by molar-refractivity contribution is 8.18. The molecule has 1 aliphatic heterocycles. The molecule has 0 saturated carbocycles. The van der Waals surface area contributed by atoms with E-state index in [1.54, 1.807) is 56.7 Å². The van der Waals surface area contributed by atoms with Crippen LogP contribution in [0.25, 0.3) is 6.08 Å². The maximum atomic E-state index is 12.1. The fourth-order valence-electron chi connectivity index (χ4n) is 2.23. The maximum Gasteiger partial charge on any atom is 0.264 e. The average molecular weight is 356 g/mol. The number of benzene rings is 2. The van der Waals surface area contributed by atoms with Gasteiger partial charge in [0.25, 0.3) is 5.91 Å². The number of thioether (sulfide) groups is 1. The Morgan fingerprint density at radius 1 is 1.16 bits per heavy atom. The zero-order valence-corrected chi connectivity index (χ0v) is 14.5. The van der Waals surface area contributed by atoms with Gasteiger partial charge in [-0.05, 0) is 47.7 Å². The summed E-state index contributed by atoms with van der Waals surface area (Å²) < 4.78 is 10.5. The van der Waals surface area contributed by atoms with Crippen LogP contribution < -0.4 is 14.8 Å². The molecule has 2 N–H and O–H groups in total. The lowest BCUT2D eigenvalue weighted by Crippen LogP contribution is -2.19. The third-order valence-corrected chi connectivity index (χ3v) is 4.34. The van der Waals surface area contributed by atoms with Crippen LogP contribution in [0.15, 0.2) is 52.4 Å². The van der Waals surface area contributed by atoms with E-state index in [1.807, 2.05) is 6.07 Å². The fourth-order valence-corrected chi connectivity index (χ4v) is 3.07. The quantitative estimate of drug-likeness (QED) is 0.822. The number of carbonyl (C=O) groups excluding carboxylic acids is 1. The summed E-state index contributed by atoms with van der Waals surface area (Å²) in [6.45, 7) is 0. The molecular weight excluding hydrogens is 340 g/mol. The van der Waals surface area contributed by atoms with Crippen molar-refractivity contribution < 1.29 is 19.4 Å². The van der Waals surface area contributed by atoms with E-state index in [0.29, 0.717) is 27.3 Å². The second kappa shape index (κ2) is 7.31. The number of ether oxygens (including phenoxy) is 2. The van der Waals surface area contributed by atoms with Crippen molar-refractivity contribution in [3.05, 3.63) is 52.9 Å². The minimum absolute atomic E-state index is 0.148. The average Bonchev–Trinajstić information content (AvgIpc) is 2.94. The van der Waals surface area contributed by atoms with E-state index in [4.69, 9.17) is 9.47 Å². The number of phenols is 1. The van der Waals surface area contributed by atoms with Gasteiger partial charge in [0.05, 0.1) is 19.1 Å². The number of aliphatic imine (C=N–C) groups is 1. The molecule has 0 atom stereocenters. The van der Waals surface area contributed by atoms with Crippen LogP contribution in [0.4, 0.5) is 5.69 Å². The molecule has 0 spiro atoms. The molecule has 6 nitrogen and oxygen atoms in total. The summed E-state index contributed by atoms with van der Waals surface area (Å²) in [6.07, 6.45) is 1.70. The van der Waals surface area contributed by atoms with Crippen LogP contribution in [-0.4, -0.2) is 30.4 Å². The molecule has 7 heteroatoms. The predicted molar refractivity (Wildman–Crippen MR) is 98.5 cm³/mol. The number of amidine groups is 1. The molecule has 0 aliphatic carbocycles. The third-order valence-electron chi connectivity index (χ3n) is 3.43. The van der Waals surface area contributed by atoms with E-state index in [2.05, 4.69) is 10.3 Å². The van der Waals surface area contributed by atoms with Gasteiger partial charge < -0.3 is 19.9 Å². The molecule has 128 valence electrons. The molecule has 2 aromatic carbocycles. The molecule has 1 saturated heterocycles. The number of nitrogens with zero attached hydrogens (tertiary/aromatic N) is 1. The topological polar surface area (TPSA) is 80.2 Å². The van der Waals surface area contributed by atoms with Gasteiger partial charge in [0.1, 0.15) is 22.9 Å². The Kier molecular flexibility index (Phi) is 4.95. The highest BCUT2D eigenvalue weighted by atomic mass is 32.2. The van der Waals surface area contributed by atoms with Gasteiger partial charge in [0, 0.05) is 6.07 Å². The number of phenolic OH excluding ortho intramolecular Hbond substituents is 1. The second-order valence-electron chi connectivity index (χ2n) is 5.11. The van der Waals surface area contributed by atoms with Crippen LogP contribution in [-0.2, 0) is 4.79 Å². The minimum Gasteiger partial charge on any atom is -0.508 e. The Morgan fingerprint density at radius 2 is 2.00 bits per heavy atom. The first-order valence-electron chi connectivity index (χ1n) is 7.39. The van der Waals surface area contributed by atoms with E-state index in [0.717, 1.165) is 5.56 Å². The summed E-state index contributed by atoms with van der Waals surface area (Å²) in [6, 6.07) is 11.9. The second-order valence-corrected chi connectivity index (χ2v) is 6.15. The third kappa shape index (κ3) is 3.95. The normalized spacial score (nSPS) is 17.0. The summed E-state index contributed by atoms with van der Waals surface area (Å²) in [5.41, 5.74) is 1.32. The molecule has 3 rings (SSSR count). The monoisotopic (exact) mass is 356 g/mol. The van der Waals surface area contributed by atoms with Crippen LogP contribution >= 0.6 is 11.8 Å². The number of amides is 1. The number of hydrogen-bond acceptors (Lipinski definition) is 6. The Hall–Kier alpha value is -2.93. The minimum atomic E-state index is -0.237. The fraction of sp³-hybridized carbons (Fsp3) is 0.111. The van der Waals surface area contributed by atoms with Crippen molar-refractivity contribution in [2.75, 3.05) is 14.2 Å². The molecule has 0 bridgehead atoms. The summed E-state index contributed by atoms with van der Waals surface area (Å²) in [4.78, 5) is 17.1. The molecule has 1 aliphatic rings. The van der Waals surface area contributed by atoms with Gasteiger partial charge in [-0.25, -0.2) is 4.99 Å². The van der Waals surface area contributed by atoms with E-state index in [1.165, 1.54) is 11.8 Å². The van der Waals surface area contributed by atoms with Crippen LogP contribution in [0.1, 0.15) is 5.56 Å². The Labute approximate surface area is 149 Å². The van der Waals surface area contributed by atoms with Crippen molar-refractivity contribution in [1.29, 1.82) is 0 Å². The number of nitrogens with one attached hydrogen (secondary N) is 1. The van der Waals surface area contributed by atoms with Gasteiger partial charge in [0.15, 0.2) is 5.17 Å². The molecule has 25 heavy (non-hydrogen) atoms. The van der Waals surface area contributed by atoms with Crippen LogP contribution in [0.2, 0.25) is 0 Å². The summed E-state index contributed by atoms with van der Waals surface area (Å²) in [5, 5.41) is 12.7. The van der Waals surface area contributed by atoms with E-state index >= 15 is 0 Å². The standard InChI is InChI=1S/C18H16N2O4S/c1-23-13-6-7-14(15(10-13)24-2)19-18-20-17(22)16(25-18)9-11-4-3-5-12(21)8-11/h3-10,21H,1-2H3,(H,19,20,22)/b16-9-. The Bertz CT molecular complexity index is 877. The molecule has 1 heterocycles. The van der Waals surface area contributed by atoms with E-state index in [9.17, 15) is 9.90 Å². The number of rotatable bonds is 4. The molecule has 2 aromatic rings. The predicted octanol–water partition coefficient (Wildman–Crippen LogP) is 3.30. The maximum absolute atomic E-state index is 12.1. The largest absolute Gasteiger partial charge is 0.508 e. The van der Waals surface area contributed by atoms with Crippen LogP contribution in [0.3, 0.4) is 0 Å². The lowest BCUT2D eigenvalue weighted by Gasteiger charge is -2.07. The van der Waals surface area contributed by atoms with Gasteiger partial charge in [-0.2, -0.15) is 0 Å². The first-order valence-corrected chi connectivity index (χ1v) is 8.21. The SMILES string of the molecule is COc1ccc(N=C2NC(=O)/C(=C/c3cccc(O)c3)S2)c(OC)c1. The van der Waals surface area contributed by atoms with Crippen LogP contribution in [0.5, 0.6) is 17.2 Å². The lowest BCUT2D eigenvalue weighted by atomic mass is 10.2. The van der Waals surface area contributed by atoms with Crippen molar-refractivity contribution in [1.82, 2.24) is 5.32 Å². The van der Waals surface area contributed by atoms with Crippen molar-refractivity contribution in [2.24, 2.45) is 4.99 Å². The summed E-state index contributed by atoms with van der Waals surface area (Å²) >= 11 is 1.23. The number of aromatic hydroxyl groups is 1. The molecule has 0 unspecified atom stereocenters. The summed E-state index contributed by atoms with van der Waals surface area (Å²) in [7, 11) is 3.12. The molecule has 1 fully saturated rings. The van der Waals surface area contributed by atoms with Gasteiger partial charge in [-0.15, -0.1) is 0 Å². The molecular formula is C18H16N2O4S. The van der Waals surface area contributed by atoms with Gasteiger partial charge in [0.2, 0.25) is 0 Å². The number of methoxy groups -OCH3 is 2. The zero-order chi connectivity index (χ0) is 17.8. The zero-order valence-electron chi connectivity index (χ0n) is 13.6. The number of carbonyl (C=O) groups is 1. The van der Waals surface area contributed by atoms with Crippen molar-refractivity contribution in [3.63, 3.8) is 0 Å².